The van der Waals surface area contributed by atoms with Crippen molar-refractivity contribution in [2.75, 3.05) is 5.32 Å². The summed E-state index contributed by atoms with van der Waals surface area (Å²) >= 11 is 5.78. The molecule has 0 saturated carbocycles. The Morgan fingerprint density at radius 1 is 1.04 bits per heavy atom. The van der Waals surface area contributed by atoms with E-state index in [-0.39, 0.29) is 5.56 Å². The lowest BCUT2D eigenvalue weighted by Crippen LogP contribution is -2.32. The highest BCUT2D eigenvalue weighted by molar-refractivity contribution is 6.39. The fourth-order valence-electron chi connectivity index (χ4n) is 1.68. The minimum Gasteiger partial charge on any atom is -0.478 e. The van der Waals surface area contributed by atoms with Crippen molar-refractivity contribution in [3.05, 3.63) is 64.7 Å². The number of anilines is 1. The number of nitrogens with zero attached hydrogens (tertiary/aromatic N) is 1. The number of benzene rings is 2. The predicted molar refractivity (Wildman–Crippen MR) is 89.2 cm³/mol. The molecule has 0 radical (unpaired) electrons. The standard InChI is InChI=1S/C16H12ClN3O4/c17-12-2-1-3-13(8-12)19-14(21)15(22)20-18-9-10-4-6-11(7-5-10)16(23)24/h1-9H,(H,19,21)(H,20,22)(H,23,24)/b18-9+. The second kappa shape index (κ2) is 7.89. The number of carbonyl (C=O) groups excluding carboxylic acids is 2. The predicted octanol–water partition coefficient (Wildman–Crippen LogP) is 2.13. The molecule has 0 bridgehead atoms. The van der Waals surface area contributed by atoms with Gasteiger partial charge < -0.3 is 10.4 Å². The molecule has 3 N–H and O–H groups in total. The van der Waals surface area contributed by atoms with Crippen LogP contribution >= 0.6 is 11.6 Å². The maximum Gasteiger partial charge on any atom is 0.335 e. The van der Waals surface area contributed by atoms with Crippen molar-refractivity contribution >= 4 is 41.3 Å². The van der Waals surface area contributed by atoms with E-state index in [9.17, 15) is 14.4 Å². The quantitative estimate of drug-likeness (QED) is 0.448. The third-order valence-corrected chi connectivity index (χ3v) is 3.06. The van der Waals surface area contributed by atoms with Gasteiger partial charge in [0.15, 0.2) is 0 Å². The first-order valence-electron chi connectivity index (χ1n) is 6.69. The van der Waals surface area contributed by atoms with E-state index < -0.39 is 17.8 Å². The molecule has 8 heteroatoms. The Hall–Kier alpha value is -3.19. The zero-order valence-corrected chi connectivity index (χ0v) is 12.9. The van der Waals surface area contributed by atoms with Gasteiger partial charge in [-0.1, -0.05) is 29.8 Å². The molecule has 2 aromatic carbocycles. The highest BCUT2D eigenvalue weighted by Gasteiger charge is 2.12. The van der Waals surface area contributed by atoms with E-state index in [4.69, 9.17) is 16.7 Å². The minimum atomic E-state index is -1.04. The summed E-state index contributed by atoms with van der Waals surface area (Å²) in [6.07, 6.45) is 1.29. The minimum absolute atomic E-state index is 0.136. The normalized spacial score (nSPS) is 10.4. The highest BCUT2D eigenvalue weighted by Crippen LogP contribution is 2.14. The first kappa shape index (κ1) is 17.2. The van der Waals surface area contributed by atoms with Gasteiger partial charge in [-0.15, -0.1) is 0 Å². The zero-order valence-electron chi connectivity index (χ0n) is 12.2. The number of carboxylic acid groups (broad SMARTS) is 1. The van der Waals surface area contributed by atoms with E-state index in [0.717, 1.165) is 0 Å². The van der Waals surface area contributed by atoms with Crippen LogP contribution < -0.4 is 10.7 Å². The molecule has 24 heavy (non-hydrogen) atoms. The number of carboxylic acids is 1. The number of hydrazone groups is 1. The molecule has 2 amide bonds. The van der Waals surface area contributed by atoms with Gasteiger partial charge in [0.05, 0.1) is 11.8 Å². The van der Waals surface area contributed by atoms with Gasteiger partial charge in [0.25, 0.3) is 0 Å². The lowest BCUT2D eigenvalue weighted by molar-refractivity contribution is -0.136. The van der Waals surface area contributed by atoms with Crippen LogP contribution in [0, 0.1) is 0 Å². The lowest BCUT2D eigenvalue weighted by Gasteiger charge is -2.04. The van der Waals surface area contributed by atoms with Crippen LogP contribution in [0.5, 0.6) is 0 Å². The second-order valence-electron chi connectivity index (χ2n) is 4.59. The molecule has 0 atom stereocenters. The topological polar surface area (TPSA) is 108 Å². The smallest absolute Gasteiger partial charge is 0.335 e. The molecular formula is C16H12ClN3O4. The van der Waals surface area contributed by atoms with Gasteiger partial charge in [0.2, 0.25) is 0 Å². The molecule has 0 aliphatic carbocycles. The Morgan fingerprint density at radius 3 is 2.38 bits per heavy atom. The van der Waals surface area contributed by atoms with Gasteiger partial charge in [-0.05, 0) is 35.9 Å². The Bertz CT molecular complexity index is 803. The van der Waals surface area contributed by atoms with E-state index in [2.05, 4.69) is 15.8 Å². The Morgan fingerprint density at radius 2 is 1.75 bits per heavy atom. The average molecular weight is 346 g/mol. The Kier molecular flexibility index (Phi) is 5.64. The van der Waals surface area contributed by atoms with Gasteiger partial charge in [-0.2, -0.15) is 5.10 Å². The molecule has 2 rings (SSSR count). The summed E-state index contributed by atoms with van der Waals surface area (Å²) in [6.45, 7) is 0. The zero-order chi connectivity index (χ0) is 17.5. The average Bonchev–Trinajstić information content (AvgIpc) is 2.55. The number of nitrogens with one attached hydrogen (secondary N) is 2. The molecule has 0 fully saturated rings. The summed E-state index contributed by atoms with van der Waals surface area (Å²) in [6, 6.07) is 12.2. The van der Waals surface area contributed by atoms with Gasteiger partial charge >= 0.3 is 17.8 Å². The van der Waals surface area contributed by atoms with E-state index in [1.54, 1.807) is 18.2 Å². The summed E-state index contributed by atoms with van der Waals surface area (Å²) in [7, 11) is 0. The summed E-state index contributed by atoms with van der Waals surface area (Å²) in [4.78, 5) is 34.0. The van der Waals surface area contributed by atoms with Crippen LogP contribution in [0.2, 0.25) is 5.02 Å². The Balaban J connectivity index is 1.89. The van der Waals surface area contributed by atoms with Gasteiger partial charge in [0.1, 0.15) is 0 Å². The molecule has 0 aromatic heterocycles. The van der Waals surface area contributed by atoms with Crippen LogP contribution in [0.1, 0.15) is 15.9 Å². The SMILES string of the molecule is O=C(N/N=C/c1ccc(C(=O)O)cc1)C(=O)Nc1cccc(Cl)c1. The molecule has 122 valence electrons. The first-order valence-corrected chi connectivity index (χ1v) is 7.07. The van der Waals surface area contributed by atoms with E-state index in [1.807, 2.05) is 0 Å². The van der Waals surface area contributed by atoms with Crippen LogP contribution in [0.25, 0.3) is 0 Å². The number of amides is 2. The van der Waals surface area contributed by atoms with Gasteiger partial charge in [-0.3, -0.25) is 9.59 Å². The van der Waals surface area contributed by atoms with Crippen molar-refractivity contribution in [1.29, 1.82) is 0 Å². The Labute approximate surface area is 141 Å². The molecule has 7 nitrogen and oxygen atoms in total. The monoisotopic (exact) mass is 345 g/mol. The molecule has 0 aliphatic rings. The first-order chi connectivity index (χ1) is 11.5. The van der Waals surface area contributed by atoms with Crippen molar-refractivity contribution in [2.45, 2.75) is 0 Å². The van der Waals surface area contributed by atoms with Crippen LogP contribution in [0.15, 0.2) is 53.6 Å². The van der Waals surface area contributed by atoms with Crippen LogP contribution in [-0.4, -0.2) is 29.1 Å². The van der Waals surface area contributed by atoms with E-state index >= 15 is 0 Å². The number of carbonyl (C=O) groups is 3. The second-order valence-corrected chi connectivity index (χ2v) is 5.03. The van der Waals surface area contributed by atoms with E-state index in [0.29, 0.717) is 16.3 Å². The summed E-state index contributed by atoms with van der Waals surface area (Å²) in [5.41, 5.74) is 3.16. The molecule has 0 unspecified atom stereocenters. The number of hydrogen-bond donors (Lipinski definition) is 3. The van der Waals surface area contributed by atoms with Crippen molar-refractivity contribution < 1.29 is 19.5 Å². The molecule has 0 spiro atoms. The number of aromatic carboxylic acids is 1. The number of hydrogen-bond acceptors (Lipinski definition) is 4. The number of halogens is 1. The van der Waals surface area contributed by atoms with Crippen LogP contribution in [-0.2, 0) is 9.59 Å². The van der Waals surface area contributed by atoms with Gasteiger partial charge in [0, 0.05) is 10.7 Å². The fraction of sp³-hybridized carbons (Fsp3) is 0. The molecule has 2 aromatic rings. The molecule has 0 heterocycles. The maximum atomic E-state index is 11.7. The van der Waals surface area contributed by atoms with Crippen LogP contribution in [0.4, 0.5) is 5.69 Å². The molecule has 0 saturated heterocycles. The third-order valence-electron chi connectivity index (χ3n) is 2.83. The summed E-state index contributed by atoms with van der Waals surface area (Å²) < 4.78 is 0. The molecule has 0 aliphatic heterocycles. The van der Waals surface area contributed by atoms with E-state index in [1.165, 1.54) is 36.5 Å². The largest absolute Gasteiger partial charge is 0.478 e. The van der Waals surface area contributed by atoms with Crippen molar-refractivity contribution in [1.82, 2.24) is 5.43 Å². The summed E-state index contributed by atoms with van der Waals surface area (Å²) in [5, 5.41) is 15.2. The van der Waals surface area contributed by atoms with Crippen LogP contribution in [0.3, 0.4) is 0 Å². The van der Waals surface area contributed by atoms with Gasteiger partial charge in [-0.25, -0.2) is 10.2 Å². The van der Waals surface area contributed by atoms with Crippen molar-refractivity contribution in [3.8, 4) is 0 Å². The molecular weight excluding hydrogens is 334 g/mol. The highest BCUT2D eigenvalue weighted by atomic mass is 35.5. The fourth-order valence-corrected chi connectivity index (χ4v) is 1.87. The third kappa shape index (κ3) is 4.92. The summed E-state index contributed by atoms with van der Waals surface area (Å²) in [5.74, 6) is -2.88. The lowest BCUT2D eigenvalue weighted by atomic mass is 10.1. The van der Waals surface area contributed by atoms with Crippen molar-refractivity contribution in [2.24, 2.45) is 5.10 Å². The number of rotatable bonds is 4. The van der Waals surface area contributed by atoms with Crippen molar-refractivity contribution in [3.63, 3.8) is 0 Å². The maximum absolute atomic E-state index is 11.7.